The van der Waals surface area contributed by atoms with Gasteiger partial charge in [0.2, 0.25) is 0 Å². The fourth-order valence-electron chi connectivity index (χ4n) is 6.19. The number of halogens is 2. The van der Waals surface area contributed by atoms with Crippen molar-refractivity contribution in [2.75, 3.05) is 19.4 Å². The van der Waals surface area contributed by atoms with E-state index in [1.165, 1.54) is 50.4 Å². The highest BCUT2D eigenvalue weighted by molar-refractivity contribution is 5.70. The van der Waals surface area contributed by atoms with Crippen molar-refractivity contribution >= 4 is 17.6 Å². The molecule has 43 heavy (non-hydrogen) atoms. The van der Waals surface area contributed by atoms with E-state index < -0.39 is 12.4 Å². The summed E-state index contributed by atoms with van der Waals surface area (Å²) in [6, 6.07) is 11.3. The van der Waals surface area contributed by atoms with E-state index in [9.17, 15) is 18.7 Å². The minimum absolute atomic E-state index is 0.101. The predicted molar refractivity (Wildman–Crippen MR) is 167 cm³/mol. The molecule has 5 rings (SSSR count). The Balaban J connectivity index is 0.000000403. The maximum Gasteiger partial charge on any atom is 0.306 e. The average molecular weight is 594 g/mol. The number of aromatic nitrogens is 3. The number of carboxylic acid groups (broad SMARTS) is 1. The number of rotatable bonds is 8. The van der Waals surface area contributed by atoms with Crippen LogP contribution in [0.25, 0.3) is 11.3 Å². The van der Waals surface area contributed by atoms with Crippen molar-refractivity contribution in [2.45, 2.75) is 90.0 Å². The van der Waals surface area contributed by atoms with Crippen LogP contribution in [0.5, 0.6) is 0 Å². The number of hydrogen-bond donors (Lipinski definition) is 2. The summed E-state index contributed by atoms with van der Waals surface area (Å²) in [4.78, 5) is 27.0. The Hall–Kier alpha value is -3.46. The van der Waals surface area contributed by atoms with Gasteiger partial charge < -0.3 is 15.3 Å². The largest absolute Gasteiger partial charge is 0.481 e. The van der Waals surface area contributed by atoms with E-state index in [1.807, 2.05) is 31.2 Å². The van der Waals surface area contributed by atoms with Gasteiger partial charge in [0.1, 0.15) is 11.6 Å². The molecule has 3 heterocycles. The average Bonchev–Trinajstić information content (AvgIpc) is 3.01. The lowest BCUT2D eigenvalue weighted by Crippen LogP contribution is -2.29. The third kappa shape index (κ3) is 9.26. The molecule has 3 aromatic heterocycles. The van der Waals surface area contributed by atoms with Gasteiger partial charge in [-0.05, 0) is 107 Å². The number of hydrogen-bond acceptors (Lipinski definition) is 6. The summed E-state index contributed by atoms with van der Waals surface area (Å²) in [7, 11) is 4.38. The maximum absolute atomic E-state index is 13.0. The van der Waals surface area contributed by atoms with Gasteiger partial charge in [0.05, 0.1) is 11.6 Å². The van der Waals surface area contributed by atoms with Crippen LogP contribution in [-0.2, 0) is 4.79 Å². The van der Waals surface area contributed by atoms with Crippen LogP contribution in [0, 0.1) is 18.8 Å². The molecule has 2 aliphatic carbocycles. The summed E-state index contributed by atoms with van der Waals surface area (Å²) < 4.78 is 26.0. The highest BCUT2D eigenvalue weighted by Crippen LogP contribution is 2.38. The van der Waals surface area contributed by atoms with Crippen LogP contribution in [0.15, 0.2) is 48.8 Å². The van der Waals surface area contributed by atoms with Crippen molar-refractivity contribution in [3.05, 3.63) is 65.6 Å². The fraction of sp³-hybridized carbons (Fsp3) is 0.529. The number of carbonyl (C=O) groups is 1. The number of alkyl halides is 2. The smallest absolute Gasteiger partial charge is 0.306 e. The van der Waals surface area contributed by atoms with Crippen molar-refractivity contribution < 1.29 is 18.7 Å². The first-order chi connectivity index (χ1) is 20.6. The van der Waals surface area contributed by atoms with Gasteiger partial charge in [-0.15, -0.1) is 0 Å². The van der Waals surface area contributed by atoms with E-state index in [0.29, 0.717) is 17.6 Å². The predicted octanol–water partition coefficient (Wildman–Crippen LogP) is 8.40. The number of nitrogens with one attached hydrogen (secondary N) is 1. The van der Waals surface area contributed by atoms with Gasteiger partial charge in [0.25, 0.3) is 6.43 Å². The first kappa shape index (κ1) is 32.5. The van der Waals surface area contributed by atoms with Gasteiger partial charge in [-0.1, -0.05) is 26.2 Å². The van der Waals surface area contributed by atoms with Gasteiger partial charge in [-0.2, -0.15) is 0 Å². The van der Waals surface area contributed by atoms with Gasteiger partial charge in [0, 0.05) is 41.2 Å². The maximum atomic E-state index is 13.0. The minimum atomic E-state index is -2.57. The Morgan fingerprint density at radius 2 is 1.67 bits per heavy atom. The van der Waals surface area contributed by atoms with Crippen molar-refractivity contribution in [1.82, 2.24) is 19.9 Å². The Labute approximate surface area is 254 Å². The molecule has 0 aliphatic heterocycles. The molecule has 0 radical (unpaired) electrons. The molecule has 3 aromatic rings. The molecule has 1 unspecified atom stereocenters. The molecule has 0 bridgehead atoms. The highest BCUT2D eigenvalue weighted by atomic mass is 19.3. The Kier molecular flexibility index (Phi) is 11.6. The number of anilines is 2. The van der Waals surface area contributed by atoms with Crippen molar-refractivity contribution in [2.24, 2.45) is 11.8 Å². The Morgan fingerprint density at radius 1 is 0.953 bits per heavy atom. The summed E-state index contributed by atoms with van der Waals surface area (Å²) in [5, 5.41) is 12.2. The van der Waals surface area contributed by atoms with Gasteiger partial charge in [-0.25, -0.2) is 18.7 Å². The van der Waals surface area contributed by atoms with E-state index in [0.717, 1.165) is 54.2 Å². The molecule has 0 spiro atoms. The lowest BCUT2D eigenvalue weighted by molar-refractivity contribution is -0.143. The molecule has 0 aromatic carbocycles. The second-order valence-electron chi connectivity index (χ2n) is 12.3. The lowest BCUT2D eigenvalue weighted by Gasteiger charge is -2.30. The quantitative estimate of drug-likeness (QED) is 0.271. The molecule has 2 aliphatic rings. The molecule has 7 nitrogen and oxygen atoms in total. The summed E-state index contributed by atoms with van der Waals surface area (Å²) in [5.74, 6) is 0.592. The monoisotopic (exact) mass is 593 g/mol. The van der Waals surface area contributed by atoms with E-state index in [-0.39, 0.29) is 17.4 Å². The number of nitrogens with zero attached hydrogens (tertiary/aromatic N) is 4. The summed E-state index contributed by atoms with van der Waals surface area (Å²) in [6.45, 7) is 4.10. The van der Waals surface area contributed by atoms with Crippen molar-refractivity contribution in [3.63, 3.8) is 0 Å². The van der Waals surface area contributed by atoms with E-state index in [1.54, 1.807) is 6.20 Å². The van der Waals surface area contributed by atoms with E-state index in [2.05, 4.69) is 46.2 Å². The standard InChI is InChI=1S/C26H28F2N4O2.C8H17N/c1-15-11-22(31-24(12-15)32-23-13-19(25(27)28)9-10-29-23)20-7-8-21(30-14-20)16(2)17-3-5-18(6-4-17)26(33)34;1-9(2)8-6-4-3-5-7-8/h7-14,16-18,25H,3-6H2,1-2H3,(H,33,34)(H,29,31,32);8H,3-7H2,1-2H3. The highest BCUT2D eigenvalue weighted by Gasteiger charge is 2.29. The number of pyridine rings is 3. The van der Waals surface area contributed by atoms with Gasteiger partial charge in [-0.3, -0.25) is 9.78 Å². The lowest BCUT2D eigenvalue weighted by atomic mass is 9.75. The molecule has 0 amide bonds. The first-order valence-corrected chi connectivity index (χ1v) is 15.5. The van der Waals surface area contributed by atoms with Gasteiger partial charge >= 0.3 is 5.97 Å². The fourth-order valence-corrected chi connectivity index (χ4v) is 6.19. The molecule has 2 N–H and O–H groups in total. The molecule has 0 saturated heterocycles. The van der Waals surface area contributed by atoms with E-state index in [4.69, 9.17) is 0 Å². The minimum Gasteiger partial charge on any atom is -0.481 e. The molecule has 2 fully saturated rings. The van der Waals surface area contributed by atoms with Crippen LogP contribution in [0.1, 0.15) is 93.9 Å². The zero-order chi connectivity index (χ0) is 30.9. The second-order valence-corrected chi connectivity index (χ2v) is 12.3. The zero-order valence-electron chi connectivity index (χ0n) is 25.8. The summed E-state index contributed by atoms with van der Waals surface area (Å²) in [5.41, 5.74) is 3.43. The van der Waals surface area contributed by atoms with Crippen LogP contribution < -0.4 is 5.32 Å². The third-order valence-corrected chi connectivity index (χ3v) is 8.94. The SMILES string of the molecule is CN(C)C1CCCCC1.Cc1cc(Nc2cc(C(F)F)ccn2)nc(-c2ccc(C(C)C3CCC(C(=O)O)CC3)nc2)c1. The first-order valence-electron chi connectivity index (χ1n) is 15.5. The van der Waals surface area contributed by atoms with Crippen LogP contribution in [0.2, 0.25) is 0 Å². The Morgan fingerprint density at radius 3 is 2.26 bits per heavy atom. The van der Waals surface area contributed by atoms with Crippen molar-refractivity contribution in [3.8, 4) is 11.3 Å². The Bertz CT molecular complexity index is 1320. The summed E-state index contributed by atoms with van der Waals surface area (Å²) >= 11 is 0. The molecular formula is C34H45F2N5O2. The van der Waals surface area contributed by atoms with Crippen LogP contribution >= 0.6 is 0 Å². The third-order valence-electron chi connectivity index (χ3n) is 8.94. The zero-order valence-corrected chi connectivity index (χ0v) is 25.8. The molecule has 9 heteroatoms. The van der Waals surface area contributed by atoms with Crippen molar-refractivity contribution in [1.29, 1.82) is 0 Å². The van der Waals surface area contributed by atoms with Crippen LogP contribution in [0.4, 0.5) is 20.4 Å². The number of aliphatic carboxylic acids is 1. The summed E-state index contributed by atoms with van der Waals surface area (Å²) in [6.07, 6.45) is 11.0. The number of carboxylic acids is 1. The molecule has 1 atom stereocenters. The molecule has 232 valence electrons. The van der Waals surface area contributed by atoms with Gasteiger partial charge in [0.15, 0.2) is 0 Å². The number of aryl methyl sites for hydroxylation is 1. The van der Waals surface area contributed by atoms with Crippen LogP contribution in [0.3, 0.4) is 0 Å². The topological polar surface area (TPSA) is 91.2 Å². The molecule has 2 saturated carbocycles. The normalized spacial score (nSPS) is 19.9. The van der Waals surface area contributed by atoms with Crippen LogP contribution in [-0.4, -0.2) is 51.1 Å². The molecular weight excluding hydrogens is 548 g/mol. The second kappa shape index (κ2) is 15.3. The van der Waals surface area contributed by atoms with E-state index >= 15 is 0 Å².